The van der Waals surface area contributed by atoms with Crippen molar-refractivity contribution in [1.29, 1.82) is 0 Å². The van der Waals surface area contributed by atoms with E-state index < -0.39 is 11.0 Å². The molecule has 0 aromatic heterocycles. The SMILES string of the molecule is CNC(=O)CCc1ccc(NC(=O)C(C)Oc2ccc([N+](=O)[O-])cc2)cc1. The summed E-state index contributed by atoms with van der Waals surface area (Å²) in [5.41, 5.74) is 1.56. The van der Waals surface area contributed by atoms with Gasteiger partial charge in [0.25, 0.3) is 11.6 Å². The first kappa shape index (κ1) is 19.9. The van der Waals surface area contributed by atoms with Gasteiger partial charge in [0.1, 0.15) is 5.75 Å². The lowest BCUT2D eigenvalue weighted by Crippen LogP contribution is -2.30. The molecule has 142 valence electrons. The second-order valence-electron chi connectivity index (χ2n) is 5.87. The van der Waals surface area contributed by atoms with Gasteiger partial charge in [0, 0.05) is 31.3 Å². The molecule has 0 fully saturated rings. The summed E-state index contributed by atoms with van der Waals surface area (Å²) in [5.74, 6) is 0.00357. The van der Waals surface area contributed by atoms with Crippen LogP contribution in [0.5, 0.6) is 5.75 Å². The molecule has 1 atom stereocenters. The molecule has 0 aliphatic heterocycles. The number of carbonyl (C=O) groups excluding carboxylic acids is 2. The number of aryl methyl sites for hydroxylation is 1. The van der Waals surface area contributed by atoms with Gasteiger partial charge in [0.05, 0.1) is 4.92 Å². The standard InChI is InChI=1S/C19H21N3O5/c1-13(27-17-10-8-16(9-11-17)22(25)26)19(24)21-15-6-3-14(4-7-15)5-12-18(23)20-2/h3-4,6-11,13H,5,12H2,1-2H3,(H,20,23)(H,21,24). The minimum atomic E-state index is -0.778. The van der Waals surface area contributed by atoms with Crippen molar-refractivity contribution in [3.8, 4) is 5.75 Å². The zero-order valence-corrected chi connectivity index (χ0v) is 15.1. The number of ether oxygens (including phenoxy) is 1. The Morgan fingerprint density at radius 2 is 1.74 bits per heavy atom. The highest BCUT2D eigenvalue weighted by molar-refractivity contribution is 5.94. The Bertz CT molecular complexity index is 803. The molecule has 2 aromatic carbocycles. The third kappa shape index (κ3) is 6.10. The second kappa shape index (κ2) is 9.33. The normalized spacial score (nSPS) is 11.3. The van der Waals surface area contributed by atoms with Crippen LogP contribution in [0.3, 0.4) is 0 Å². The maximum atomic E-state index is 12.2. The number of carbonyl (C=O) groups is 2. The van der Waals surface area contributed by atoms with Crippen LogP contribution in [0.1, 0.15) is 18.9 Å². The number of nitrogens with one attached hydrogen (secondary N) is 2. The molecule has 2 amide bonds. The van der Waals surface area contributed by atoms with Crippen molar-refractivity contribution in [3.05, 3.63) is 64.2 Å². The lowest BCUT2D eigenvalue weighted by molar-refractivity contribution is -0.384. The molecule has 0 spiro atoms. The fraction of sp³-hybridized carbons (Fsp3) is 0.263. The number of benzene rings is 2. The Kier molecular flexibility index (Phi) is 6.87. The van der Waals surface area contributed by atoms with E-state index in [0.29, 0.717) is 24.3 Å². The number of nitro benzene ring substituents is 1. The summed E-state index contributed by atoms with van der Waals surface area (Å²) < 4.78 is 5.50. The Labute approximate surface area is 156 Å². The lowest BCUT2D eigenvalue weighted by atomic mass is 10.1. The molecule has 8 heteroatoms. The molecule has 8 nitrogen and oxygen atoms in total. The van der Waals surface area contributed by atoms with Crippen molar-refractivity contribution in [2.24, 2.45) is 0 Å². The minimum Gasteiger partial charge on any atom is -0.481 e. The summed E-state index contributed by atoms with van der Waals surface area (Å²) in [6.45, 7) is 1.59. The van der Waals surface area contributed by atoms with Crippen LogP contribution in [-0.2, 0) is 16.0 Å². The summed E-state index contributed by atoms with van der Waals surface area (Å²) in [5, 5.41) is 16.0. The third-order valence-corrected chi connectivity index (χ3v) is 3.87. The van der Waals surface area contributed by atoms with Gasteiger partial charge in [-0.25, -0.2) is 0 Å². The van der Waals surface area contributed by atoms with E-state index in [9.17, 15) is 19.7 Å². The molecular formula is C19H21N3O5. The smallest absolute Gasteiger partial charge is 0.269 e. The molecule has 2 N–H and O–H groups in total. The van der Waals surface area contributed by atoms with E-state index in [1.54, 1.807) is 26.1 Å². The molecule has 0 bridgehead atoms. The fourth-order valence-electron chi connectivity index (χ4n) is 2.29. The molecule has 27 heavy (non-hydrogen) atoms. The number of rotatable bonds is 8. The summed E-state index contributed by atoms with van der Waals surface area (Å²) in [6.07, 6.45) is 0.245. The maximum absolute atomic E-state index is 12.2. The van der Waals surface area contributed by atoms with E-state index >= 15 is 0 Å². The van der Waals surface area contributed by atoms with E-state index in [0.717, 1.165) is 5.56 Å². The van der Waals surface area contributed by atoms with Crippen molar-refractivity contribution in [3.63, 3.8) is 0 Å². The summed E-state index contributed by atoms with van der Waals surface area (Å²) in [6, 6.07) is 12.7. The molecule has 0 saturated heterocycles. The summed E-state index contributed by atoms with van der Waals surface area (Å²) >= 11 is 0. The number of amides is 2. The second-order valence-corrected chi connectivity index (χ2v) is 5.87. The van der Waals surface area contributed by atoms with Crippen LogP contribution < -0.4 is 15.4 Å². The van der Waals surface area contributed by atoms with Gasteiger partial charge >= 0.3 is 0 Å². The van der Waals surface area contributed by atoms with E-state index in [1.807, 2.05) is 12.1 Å². The van der Waals surface area contributed by atoms with E-state index in [-0.39, 0.29) is 17.5 Å². The number of anilines is 1. The largest absolute Gasteiger partial charge is 0.481 e. The number of nitrogens with zero attached hydrogens (tertiary/aromatic N) is 1. The fourth-order valence-corrected chi connectivity index (χ4v) is 2.29. The van der Waals surface area contributed by atoms with Gasteiger partial charge in [0.15, 0.2) is 6.10 Å². The molecule has 0 aliphatic carbocycles. The quantitative estimate of drug-likeness (QED) is 0.547. The predicted molar refractivity (Wildman–Crippen MR) is 101 cm³/mol. The van der Waals surface area contributed by atoms with Crippen LogP contribution in [0.4, 0.5) is 11.4 Å². The van der Waals surface area contributed by atoms with Crippen molar-refractivity contribution >= 4 is 23.2 Å². The zero-order chi connectivity index (χ0) is 19.8. The van der Waals surface area contributed by atoms with Gasteiger partial charge in [-0.2, -0.15) is 0 Å². The van der Waals surface area contributed by atoms with Crippen LogP contribution in [0.25, 0.3) is 0 Å². The highest BCUT2D eigenvalue weighted by Gasteiger charge is 2.15. The molecule has 2 rings (SSSR count). The average Bonchev–Trinajstić information content (AvgIpc) is 2.67. The molecular weight excluding hydrogens is 350 g/mol. The third-order valence-electron chi connectivity index (χ3n) is 3.87. The zero-order valence-electron chi connectivity index (χ0n) is 15.1. The highest BCUT2D eigenvalue weighted by atomic mass is 16.6. The van der Waals surface area contributed by atoms with Crippen molar-refractivity contribution in [1.82, 2.24) is 5.32 Å². The highest BCUT2D eigenvalue weighted by Crippen LogP contribution is 2.19. The number of hydrogen-bond acceptors (Lipinski definition) is 5. The van der Waals surface area contributed by atoms with Crippen LogP contribution >= 0.6 is 0 Å². The van der Waals surface area contributed by atoms with Crippen LogP contribution in [0.15, 0.2) is 48.5 Å². The molecule has 0 saturated carbocycles. The van der Waals surface area contributed by atoms with E-state index in [1.165, 1.54) is 24.3 Å². The number of non-ortho nitro benzene ring substituents is 1. The number of nitro groups is 1. The summed E-state index contributed by atoms with van der Waals surface area (Å²) in [7, 11) is 1.60. The van der Waals surface area contributed by atoms with Gasteiger partial charge in [-0.15, -0.1) is 0 Å². The molecule has 1 unspecified atom stereocenters. The minimum absolute atomic E-state index is 0.0235. The van der Waals surface area contributed by atoms with E-state index in [2.05, 4.69) is 10.6 Å². The van der Waals surface area contributed by atoms with Gasteiger partial charge in [-0.1, -0.05) is 12.1 Å². The van der Waals surface area contributed by atoms with Crippen molar-refractivity contribution in [2.75, 3.05) is 12.4 Å². The predicted octanol–water partition coefficient (Wildman–Crippen LogP) is 2.68. The van der Waals surface area contributed by atoms with Crippen LogP contribution in [-0.4, -0.2) is 29.9 Å². The lowest BCUT2D eigenvalue weighted by Gasteiger charge is -2.15. The first-order valence-electron chi connectivity index (χ1n) is 8.40. The first-order valence-corrected chi connectivity index (χ1v) is 8.40. The summed E-state index contributed by atoms with van der Waals surface area (Å²) in [4.78, 5) is 33.6. The molecule has 0 radical (unpaired) electrons. The van der Waals surface area contributed by atoms with Crippen LogP contribution in [0.2, 0.25) is 0 Å². The van der Waals surface area contributed by atoms with Gasteiger partial charge in [-0.05, 0) is 43.2 Å². The Morgan fingerprint density at radius 3 is 2.30 bits per heavy atom. The molecule has 0 heterocycles. The van der Waals surface area contributed by atoms with Gasteiger partial charge in [0.2, 0.25) is 5.91 Å². The topological polar surface area (TPSA) is 111 Å². The Morgan fingerprint density at radius 1 is 1.11 bits per heavy atom. The van der Waals surface area contributed by atoms with E-state index in [4.69, 9.17) is 4.74 Å². The van der Waals surface area contributed by atoms with Gasteiger partial charge in [-0.3, -0.25) is 19.7 Å². The first-order chi connectivity index (χ1) is 12.9. The average molecular weight is 371 g/mol. The molecule has 2 aromatic rings. The Hall–Kier alpha value is -3.42. The maximum Gasteiger partial charge on any atom is 0.269 e. The van der Waals surface area contributed by atoms with Crippen LogP contribution in [0, 0.1) is 10.1 Å². The monoisotopic (exact) mass is 371 g/mol. The Balaban J connectivity index is 1.88. The van der Waals surface area contributed by atoms with Gasteiger partial charge < -0.3 is 15.4 Å². The number of hydrogen-bond donors (Lipinski definition) is 2. The molecule has 0 aliphatic rings. The van der Waals surface area contributed by atoms with Crippen molar-refractivity contribution in [2.45, 2.75) is 25.9 Å². The van der Waals surface area contributed by atoms with Crippen molar-refractivity contribution < 1.29 is 19.2 Å².